The highest BCUT2D eigenvalue weighted by atomic mass is 32.2. The highest BCUT2D eigenvalue weighted by Crippen LogP contribution is 2.30. The standard InChI is InChI=1S/C33H34N2O6S/c1-20(2)29(32(37)38)35-42(39,40)26-16-12-23(13-17-26)22-10-14-25(15-11-22)34-31(36)30-21(3)28-24(18-19-33(4,5)6)8-7-9-27(28)41-30/h7-17,20,29,35H,1-6H3,(H,34,36)(H,37,38). The lowest BCUT2D eigenvalue weighted by atomic mass is 9.96. The fourth-order valence-corrected chi connectivity index (χ4v) is 5.68. The molecule has 0 saturated carbocycles. The van der Waals surface area contributed by atoms with E-state index in [0.29, 0.717) is 16.8 Å². The summed E-state index contributed by atoms with van der Waals surface area (Å²) < 4.78 is 33.6. The highest BCUT2D eigenvalue weighted by Gasteiger charge is 2.28. The Bertz CT molecular complexity index is 1800. The number of furan rings is 1. The van der Waals surface area contributed by atoms with Crippen molar-refractivity contribution in [1.82, 2.24) is 4.72 Å². The lowest BCUT2D eigenvalue weighted by Crippen LogP contribution is -2.44. The number of carboxylic acids is 1. The minimum absolute atomic E-state index is 0.0317. The highest BCUT2D eigenvalue weighted by molar-refractivity contribution is 7.89. The molecule has 0 saturated heterocycles. The van der Waals surface area contributed by atoms with Gasteiger partial charge in [-0.1, -0.05) is 56.0 Å². The van der Waals surface area contributed by atoms with Crippen LogP contribution in [0.25, 0.3) is 22.1 Å². The van der Waals surface area contributed by atoms with Gasteiger partial charge in [-0.2, -0.15) is 4.72 Å². The maximum absolute atomic E-state index is 13.1. The SMILES string of the molecule is Cc1c(C(=O)Nc2ccc(-c3ccc(S(=O)(=O)NC(C(=O)O)C(C)C)cc3)cc2)oc2cccc(C#CC(C)(C)C)c12. The van der Waals surface area contributed by atoms with Crippen LogP contribution in [-0.4, -0.2) is 31.4 Å². The van der Waals surface area contributed by atoms with Crippen LogP contribution in [0.5, 0.6) is 0 Å². The van der Waals surface area contributed by atoms with E-state index in [4.69, 9.17) is 4.42 Å². The minimum Gasteiger partial charge on any atom is -0.480 e. The van der Waals surface area contributed by atoms with E-state index in [1.165, 1.54) is 12.1 Å². The number of aryl methyl sites for hydroxylation is 1. The third-order valence-corrected chi connectivity index (χ3v) is 8.04. The average molecular weight is 587 g/mol. The molecule has 1 heterocycles. The summed E-state index contributed by atoms with van der Waals surface area (Å²) >= 11 is 0. The molecule has 3 N–H and O–H groups in total. The van der Waals surface area contributed by atoms with Crippen LogP contribution < -0.4 is 10.0 Å². The lowest BCUT2D eigenvalue weighted by Gasteiger charge is -2.18. The number of carbonyl (C=O) groups excluding carboxylic acids is 1. The largest absolute Gasteiger partial charge is 0.480 e. The average Bonchev–Trinajstić information content (AvgIpc) is 3.27. The quantitative estimate of drug-likeness (QED) is 0.204. The zero-order chi connectivity index (χ0) is 30.8. The number of aliphatic carboxylic acids is 1. The fourth-order valence-electron chi connectivity index (χ4n) is 4.35. The molecule has 0 spiro atoms. The number of carboxylic acid groups (broad SMARTS) is 1. The summed E-state index contributed by atoms with van der Waals surface area (Å²) in [6.45, 7) is 11.2. The van der Waals surface area contributed by atoms with Gasteiger partial charge in [-0.05, 0) is 81.1 Å². The normalized spacial score (nSPS) is 12.5. The Hall–Kier alpha value is -4.39. The molecule has 4 rings (SSSR count). The zero-order valence-electron chi connectivity index (χ0n) is 24.4. The van der Waals surface area contributed by atoms with E-state index in [1.54, 1.807) is 38.1 Å². The molecule has 42 heavy (non-hydrogen) atoms. The fraction of sp³-hybridized carbons (Fsp3) is 0.273. The number of hydrogen-bond donors (Lipinski definition) is 3. The molecule has 0 fully saturated rings. The van der Waals surface area contributed by atoms with Crippen LogP contribution in [0, 0.1) is 30.1 Å². The number of sulfonamides is 1. The molecule has 1 aromatic heterocycles. The van der Waals surface area contributed by atoms with Crippen molar-refractivity contribution >= 4 is 38.6 Å². The van der Waals surface area contributed by atoms with Gasteiger partial charge >= 0.3 is 5.97 Å². The Labute approximate surface area is 246 Å². The number of benzene rings is 3. The second kappa shape index (κ2) is 11.8. The van der Waals surface area contributed by atoms with Crippen molar-refractivity contribution in [2.75, 3.05) is 5.32 Å². The molecule has 1 amide bonds. The van der Waals surface area contributed by atoms with Gasteiger partial charge in [0.05, 0.1) is 4.90 Å². The van der Waals surface area contributed by atoms with E-state index in [9.17, 15) is 23.1 Å². The monoisotopic (exact) mass is 586 g/mol. The Morgan fingerprint density at radius 3 is 2.07 bits per heavy atom. The molecular weight excluding hydrogens is 552 g/mol. The summed E-state index contributed by atoms with van der Waals surface area (Å²) in [5, 5.41) is 13.0. The van der Waals surface area contributed by atoms with Gasteiger partial charge < -0.3 is 14.8 Å². The first-order valence-corrected chi connectivity index (χ1v) is 15.0. The number of anilines is 1. The van der Waals surface area contributed by atoms with Crippen LogP contribution in [-0.2, 0) is 14.8 Å². The van der Waals surface area contributed by atoms with E-state index in [1.807, 2.05) is 58.0 Å². The first-order valence-electron chi connectivity index (χ1n) is 13.5. The summed E-state index contributed by atoms with van der Waals surface area (Å²) in [5.41, 5.74) is 4.07. The van der Waals surface area contributed by atoms with Gasteiger partial charge in [-0.3, -0.25) is 9.59 Å². The molecule has 9 heteroatoms. The zero-order valence-corrected chi connectivity index (χ0v) is 25.2. The predicted octanol–water partition coefficient (Wildman–Crippen LogP) is 6.45. The third-order valence-electron chi connectivity index (χ3n) is 6.59. The van der Waals surface area contributed by atoms with Gasteiger partial charge in [0.15, 0.2) is 5.76 Å². The summed E-state index contributed by atoms with van der Waals surface area (Å²) in [4.78, 5) is 24.5. The number of carbonyl (C=O) groups is 2. The summed E-state index contributed by atoms with van der Waals surface area (Å²) in [7, 11) is -4.02. The summed E-state index contributed by atoms with van der Waals surface area (Å²) in [5.74, 6) is 4.63. The number of rotatable bonds is 8. The van der Waals surface area contributed by atoms with Crippen LogP contribution in [0.1, 0.15) is 56.3 Å². The first-order chi connectivity index (χ1) is 19.7. The van der Waals surface area contributed by atoms with E-state index < -0.39 is 28.0 Å². The number of amides is 1. The number of fused-ring (bicyclic) bond motifs is 1. The van der Waals surface area contributed by atoms with Crippen LogP contribution in [0.3, 0.4) is 0 Å². The number of nitrogens with one attached hydrogen (secondary N) is 2. The molecule has 0 bridgehead atoms. The second-order valence-corrected chi connectivity index (χ2v) is 13.2. The van der Waals surface area contributed by atoms with Crippen molar-refractivity contribution in [3.8, 4) is 23.0 Å². The van der Waals surface area contributed by atoms with Crippen LogP contribution in [0.15, 0.2) is 76.0 Å². The molecule has 218 valence electrons. The molecule has 0 aliphatic heterocycles. The maximum atomic E-state index is 13.1. The van der Waals surface area contributed by atoms with Gasteiger partial charge in [0.25, 0.3) is 5.91 Å². The van der Waals surface area contributed by atoms with Crippen molar-refractivity contribution < 1.29 is 27.5 Å². The van der Waals surface area contributed by atoms with Crippen molar-refractivity contribution in [1.29, 1.82) is 0 Å². The predicted molar refractivity (Wildman–Crippen MR) is 164 cm³/mol. The molecule has 4 aromatic rings. The van der Waals surface area contributed by atoms with Gasteiger partial charge in [-0.15, -0.1) is 0 Å². The number of hydrogen-bond acceptors (Lipinski definition) is 5. The molecule has 8 nitrogen and oxygen atoms in total. The molecular formula is C33H34N2O6S. The van der Waals surface area contributed by atoms with Gasteiger partial charge in [0.2, 0.25) is 10.0 Å². The first kappa shape index (κ1) is 30.6. The Balaban J connectivity index is 1.50. The third kappa shape index (κ3) is 6.90. The minimum atomic E-state index is -4.02. The Kier molecular flexibility index (Phi) is 8.62. The van der Waals surface area contributed by atoms with Gasteiger partial charge in [-0.25, -0.2) is 8.42 Å². The van der Waals surface area contributed by atoms with Crippen molar-refractivity contribution in [3.63, 3.8) is 0 Å². The van der Waals surface area contributed by atoms with E-state index >= 15 is 0 Å². The van der Waals surface area contributed by atoms with Crippen molar-refractivity contribution in [3.05, 3.63) is 83.6 Å². The summed E-state index contributed by atoms with van der Waals surface area (Å²) in [6, 6.07) is 17.6. The van der Waals surface area contributed by atoms with E-state index in [2.05, 4.69) is 21.9 Å². The van der Waals surface area contributed by atoms with Crippen LogP contribution in [0.2, 0.25) is 0 Å². The van der Waals surface area contributed by atoms with Crippen LogP contribution in [0.4, 0.5) is 5.69 Å². The van der Waals surface area contributed by atoms with Gasteiger partial charge in [0.1, 0.15) is 11.6 Å². The van der Waals surface area contributed by atoms with Crippen LogP contribution >= 0.6 is 0 Å². The van der Waals surface area contributed by atoms with Crippen molar-refractivity contribution in [2.45, 2.75) is 52.5 Å². The molecule has 1 atom stereocenters. The van der Waals surface area contributed by atoms with Crippen molar-refractivity contribution in [2.24, 2.45) is 11.3 Å². The maximum Gasteiger partial charge on any atom is 0.322 e. The topological polar surface area (TPSA) is 126 Å². The Morgan fingerprint density at radius 1 is 0.929 bits per heavy atom. The molecule has 1 unspecified atom stereocenters. The van der Waals surface area contributed by atoms with Gasteiger partial charge in [0, 0.05) is 27.6 Å². The molecule has 0 aliphatic carbocycles. The molecule has 0 radical (unpaired) electrons. The smallest absolute Gasteiger partial charge is 0.322 e. The van der Waals surface area contributed by atoms with E-state index in [-0.39, 0.29) is 22.0 Å². The van der Waals surface area contributed by atoms with E-state index in [0.717, 1.165) is 22.1 Å². The molecule has 0 aliphatic rings. The molecule has 3 aromatic carbocycles. The Morgan fingerprint density at radius 2 is 1.52 bits per heavy atom. The lowest BCUT2D eigenvalue weighted by molar-refractivity contribution is -0.140. The second-order valence-electron chi connectivity index (χ2n) is 11.5. The summed E-state index contributed by atoms with van der Waals surface area (Å²) in [6.07, 6.45) is 0.